The van der Waals surface area contributed by atoms with E-state index in [-0.39, 0.29) is 23.6 Å². The molecule has 0 unspecified atom stereocenters. The smallest absolute Gasteiger partial charge is 0.340 e. The van der Waals surface area contributed by atoms with Crippen LogP contribution in [0.4, 0.5) is 5.69 Å². The highest BCUT2D eigenvalue weighted by molar-refractivity contribution is 6.07. The third-order valence-electron chi connectivity index (χ3n) is 4.29. The molecule has 156 valence electrons. The van der Waals surface area contributed by atoms with Crippen LogP contribution in [0, 0.1) is 0 Å². The molecule has 1 N–H and O–H groups in total. The highest BCUT2D eigenvalue weighted by Gasteiger charge is 2.21. The maximum Gasteiger partial charge on any atom is 0.340 e. The molecule has 0 bridgehead atoms. The van der Waals surface area contributed by atoms with Gasteiger partial charge in [0.25, 0.3) is 5.91 Å². The minimum atomic E-state index is -0.656. The lowest BCUT2D eigenvalue weighted by molar-refractivity contribution is 0.0471. The van der Waals surface area contributed by atoms with Crippen LogP contribution in [0.25, 0.3) is 0 Å². The molecule has 1 amide bonds. The van der Waals surface area contributed by atoms with Crippen molar-refractivity contribution in [2.75, 3.05) is 26.6 Å². The molecule has 8 nitrogen and oxygen atoms in total. The van der Waals surface area contributed by atoms with E-state index in [0.717, 1.165) is 0 Å². The molecule has 30 heavy (non-hydrogen) atoms. The van der Waals surface area contributed by atoms with Crippen LogP contribution >= 0.6 is 0 Å². The number of nitrogens with one attached hydrogen (secondary N) is 1. The minimum Gasteiger partial charge on any atom is -0.496 e. The van der Waals surface area contributed by atoms with E-state index in [9.17, 15) is 9.59 Å². The maximum atomic E-state index is 12.8. The van der Waals surface area contributed by atoms with E-state index in [1.54, 1.807) is 18.2 Å². The molecule has 1 aromatic heterocycles. The second-order valence-electron chi connectivity index (χ2n) is 6.07. The Hall–Kier alpha value is -3.94. The van der Waals surface area contributed by atoms with Crippen molar-refractivity contribution >= 4 is 17.6 Å². The number of hydrogen-bond donors (Lipinski definition) is 1. The molecular formula is C22H21NO7. The van der Waals surface area contributed by atoms with Gasteiger partial charge in [-0.25, -0.2) is 4.79 Å². The van der Waals surface area contributed by atoms with Crippen LogP contribution in [-0.2, 0) is 11.3 Å². The van der Waals surface area contributed by atoms with Gasteiger partial charge in [0.05, 0.1) is 38.8 Å². The molecule has 0 saturated heterocycles. The first-order valence-corrected chi connectivity index (χ1v) is 8.97. The van der Waals surface area contributed by atoms with Crippen LogP contribution in [-0.4, -0.2) is 33.2 Å². The van der Waals surface area contributed by atoms with Crippen molar-refractivity contribution in [1.29, 1.82) is 0 Å². The zero-order chi connectivity index (χ0) is 21.5. The normalized spacial score (nSPS) is 10.2. The molecule has 0 aliphatic heterocycles. The largest absolute Gasteiger partial charge is 0.496 e. The lowest BCUT2D eigenvalue weighted by Gasteiger charge is -2.15. The lowest BCUT2D eigenvalue weighted by Crippen LogP contribution is -2.16. The van der Waals surface area contributed by atoms with E-state index in [1.165, 1.54) is 45.8 Å². The van der Waals surface area contributed by atoms with Gasteiger partial charge in [-0.05, 0) is 18.2 Å². The van der Waals surface area contributed by atoms with Gasteiger partial charge in [-0.15, -0.1) is 0 Å². The Kier molecular flexibility index (Phi) is 6.59. The van der Waals surface area contributed by atoms with Crippen LogP contribution in [0.5, 0.6) is 17.2 Å². The Labute approximate surface area is 173 Å². The second kappa shape index (κ2) is 9.51. The molecule has 2 aromatic carbocycles. The zero-order valence-electron chi connectivity index (χ0n) is 16.8. The van der Waals surface area contributed by atoms with Gasteiger partial charge >= 0.3 is 5.97 Å². The molecule has 0 aliphatic carbocycles. The summed E-state index contributed by atoms with van der Waals surface area (Å²) in [6.45, 7) is -0.0111. The summed E-state index contributed by atoms with van der Waals surface area (Å²) in [7, 11) is 4.44. The molecule has 0 aliphatic rings. The molecule has 8 heteroatoms. The summed E-state index contributed by atoms with van der Waals surface area (Å²) in [5.74, 6) is 0.177. The first-order chi connectivity index (χ1) is 14.6. The van der Waals surface area contributed by atoms with E-state index in [2.05, 4.69) is 5.32 Å². The predicted octanol–water partition coefficient (Wildman–Crippen LogP) is 3.91. The molecule has 0 atom stereocenters. The van der Waals surface area contributed by atoms with Crippen LogP contribution in [0.15, 0.2) is 59.2 Å². The van der Waals surface area contributed by atoms with Crippen molar-refractivity contribution in [3.8, 4) is 17.2 Å². The molecule has 3 aromatic rings. The van der Waals surface area contributed by atoms with Crippen LogP contribution in [0.2, 0.25) is 0 Å². The van der Waals surface area contributed by atoms with Gasteiger partial charge in [0.1, 0.15) is 12.4 Å². The Morgan fingerprint density at radius 1 is 0.900 bits per heavy atom. The highest BCUT2D eigenvalue weighted by atomic mass is 16.5. The fourth-order valence-corrected chi connectivity index (χ4v) is 2.79. The van der Waals surface area contributed by atoms with E-state index < -0.39 is 11.9 Å². The predicted molar refractivity (Wildman–Crippen MR) is 108 cm³/mol. The van der Waals surface area contributed by atoms with Crippen LogP contribution < -0.4 is 19.5 Å². The van der Waals surface area contributed by atoms with Gasteiger partial charge in [-0.3, -0.25) is 4.79 Å². The number of rotatable bonds is 8. The third-order valence-corrected chi connectivity index (χ3v) is 4.29. The van der Waals surface area contributed by atoms with E-state index in [1.807, 2.05) is 12.1 Å². The van der Waals surface area contributed by atoms with Gasteiger partial charge in [-0.1, -0.05) is 18.2 Å². The first-order valence-electron chi connectivity index (χ1n) is 8.97. The summed E-state index contributed by atoms with van der Waals surface area (Å²) in [6.07, 6.45) is 1.38. The van der Waals surface area contributed by atoms with Crippen molar-refractivity contribution in [2.24, 2.45) is 0 Å². The molecule has 3 rings (SSSR count). The van der Waals surface area contributed by atoms with Crippen molar-refractivity contribution in [3.05, 3.63) is 71.7 Å². The topological polar surface area (TPSA) is 96.2 Å². The Bertz CT molecular complexity index is 1030. The molecular weight excluding hydrogens is 390 g/mol. The molecule has 0 fully saturated rings. The lowest BCUT2D eigenvalue weighted by atomic mass is 10.1. The molecule has 0 spiro atoms. The molecule has 1 heterocycles. The number of para-hydroxylation sites is 1. The third kappa shape index (κ3) is 4.54. The molecule has 0 radical (unpaired) electrons. The summed E-state index contributed by atoms with van der Waals surface area (Å²) < 4.78 is 26.4. The van der Waals surface area contributed by atoms with E-state index in [4.69, 9.17) is 23.4 Å². The highest BCUT2D eigenvalue weighted by Crippen LogP contribution is 2.34. The quantitative estimate of drug-likeness (QED) is 0.561. The van der Waals surface area contributed by atoms with Crippen molar-refractivity contribution in [3.63, 3.8) is 0 Å². The zero-order valence-corrected chi connectivity index (χ0v) is 16.8. The first kappa shape index (κ1) is 20.8. The number of carbonyl (C=O) groups excluding carboxylic acids is 2. The van der Waals surface area contributed by atoms with Crippen molar-refractivity contribution in [2.45, 2.75) is 6.61 Å². The number of esters is 1. The average Bonchev–Trinajstić information content (AvgIpc) is 3.32. The number of methoxy groups -OCH3 is 3. The summed E-state index contributed by atoms with van der Waals surface area (Å²) >= 11 is 0. The van der Waals surface area contributed by atoms with Crippen LogP contribution in [0.3, 0.4) is 0 Å². The average molecular weight is 411 g/mol. The summed E-state index contributed by atoms with van der Waals surface area (Å²) in [6, 6.07) is 13.2. The van der Waals surface area contributed by atoms with Crippen molar-refractivity contribution < 1.29 is 33.0 Å². The van der Waals surface area contributed by atoms with Crippen LogP contribution in [0.1, 0.15) is 26.5 Å². The SMILES string of the molecule is COc1ccccc1COC(=O)c1cc(OC)c(OC)cc1NC(=O)c1ccco1. The minimum absolute atomic E-state index is 0.0111. The number of furan rings is 1. The number of benzene rings is 2. The Morgan fingerprint density at radius 2 is 1.60 bits per heavy atom. The summed E-state index contributed by atoms with van der Waals surface area (Å²) in [4.78, 5) is 25.3. The van der Waals surface area contributed by atoms with Gasteiger partial charge in [0, 0.05) is 17.7 Å². The van der Waals surface area contributed by atoms with E-state index in [0.29, 0.717) is 22.8 Å². The maximum absolute atomic E-state index is 12.8. The summed E-state index contributed by atoms with van der Waals surface area (Å²) in [5, 5.41) is 2.65. The van der Waals surface area contributed by atoms with Gasteiger partial charge in [0.15, 0.2) is 17.3 Å². The fourth-order valence-electron chi connectivity index (χ4n) is 2.79. The fraction of sp³-hybridized carbons (Fsp3) is 0.182. The second-order valence-corrected chi connectivity index (χ2v) is 6.07. The van der Waals surface area contributed by atoms with Crippen molar-refractivity contribution in [1.82, 2.24) is 0 Å². The summed E-state index contributed by atoms with van der Waals surface area (Å²) in [5.41, 5.74) is 0.997. The Morgan fingerprint density at radius 3 is 2.27 bits per heavy atom. The van der Waals surface area contributed by atoms with Gasteiger partial charge in [-0.2, -0.15) is 0 Å². The number of amides is 1. The van der Waals surface area contributed by atoms with E-state index >= 15 is 0 Å². The van der Waals surface area contributed by atoms with Gasteiger partial charge < -0.3 is 28.7 Å². The Balaban J connectivity index is 1.88. The number of carbonyl (C=O) groups is 2. The molecule has 0 saturated carbocycles. The number of ether oxygens (including phenoxy) is 4. The number of hydrogen-bond acceptors (Lipinski definition) is 7. The van der Waals surface area contributed by atoms with Gasteiger partial charge in [0.2, 0.25) is 0 Å². The monoisotopic (exact) mass is 411 g/mol. The number of anilines is 1. The standard InChI is InChI=1S/C22H21NO7/c1-26-17-8-5-4-7-14(17)13-30-22(25)15-11-19(27-2)20(28-3)12-16(15)23-21(24)18-9-6-10-29-18/h4-12H,13H2,1-3H3,(H,23,24).